The molecule has 0 radical (unpaired) electrons. The SMILES string of the molecule is COC(=O)CCCS(=O)(=O)N1CC=C(c2ccc3nc(OC4CCN(c5nc(C(C)C)no5)CC4)sc3c2)CC1. The first-order chi connectivity index (χ1) is 19.2. The number of carbonyl (C=O) groups is 1. The van der Waals surface area contributed by atoms with Crippen LogP contribution in [0.4, 0.5) is 6.01 Å². The topological polar surface area (TPSA) is 128 Å². The minimum Gasteiger partial charge on any atom is -0.469 e. The summed E-state index contributed by atoms with van der Waals surface area (Å²) in [7, 11) is -2.12. The fraction of sp³-hybridized carbons (Fsp3) is 0.556. The van der Waals surface area contributed by atoms with Gasteiger partial charge < -0.3 is 18.9 Å². The fourth-order valence-corrected chi connectivity index (χ4v) is 7.20. The number of piperidine rings is 1. The van der Waals surface area contributed by atoms with Crippen LogP contribution in [0, 0.1) is 0 Å². The summed E-state index contributed by atoms with van der Waals surface area (Å²) in [4.78, 5) is 22.6. The van der Waals surface area contributed by atoms with E-state index in [1.165, 1.54) is 22.8 Å². The van der Waals surface area contributed by atoms with Gasteiger partial charge in [0, 0.05) is 51.4 Å². The van der Waals surface area contributed by atoms with E-state index in [-0.39, 0.29) is 30.6 Å². The van der Waals surface area contributed by atoms with E-state index in [4.69, 9.17) is 9.26 Å². The number of sulfonamides is 1. The molecule has 13 heteroatoms. The van der Waals surface area contributed by atoms with Gasteiger partial charge >= 0.3 is 12.0 Å². The molecule has 0 bridgehead atoms. The molecule has 2 aromatic heterocycles. The fourth-order valence-electron chi connectivity index (χ4n) is 4.85. The van der Waals surface area contributed by atoms with E-state index >= 15 is 0 Å². The Morgan fingerprint density at radius 1 is 1.20 bits per heavy atom. The maximum absolute atomic E-state index is 12.7. The summed E-state index contributed by atoms with van der Waals surface area (Å²) in [5.41, 5.74) is 3.08. The van der Waals surface area contributed by atoms with Gasteiger partial charge in [0.25, 0.3) is 5.19 Å². The number of hydrogen-bond acceptors (Lipinski definition) is 11. The third-order valence-corrected chi connectivity index (χ3v) is 10.1. The van der Waals surface area contributed by atoms with Gasteiger partial charge in [0.1, 0.15) is 6.10 Å². The molecule has 2 aliphatic rings. The van der Waals surface area contributed by atoms with Crippen LogP contribution in [-0.4, -0.2) is 79.0 Å². The molecule has 0 saturated carbocycles. The lowest BCUT2D eigenvalue weighted by atomic mass is 10.0. The predicted octanol–water partition coefficient (Wildman–Crippen LogP) is 4.22. The molecule has 1 aromatic carbocycles. The van der Waals surface area contributed by atoms with Crippen LogP contribution in [-0.2, 0) is 19.6 Å². The number of aromatic nitrogens is 3. The number of carbonyl (C=O) groups excluding carboxylic acids is 1. The van der Waals surface area contributed by atoms with Crippen molar-refractivity contribution in [1.29, 1.82) is 0 Å². The molecule has 2 aliphatic heterocycles. The third-order valence-electron chi connectivity index (χ3n) is 7.24. The van der Waals surface area contributed by atoms with Gasteiger partial charge in [0.15, 0.2) is 5.82 Å². The third kappa shape index (κ3) is 6.64. The number of methoxy groups -OCH3 is 1. The zero-order chi connectivity index (χ0) is 28.3. The number of hydrogen-bond donors (Lipinski definition) is 0. The van der Waals surface area contributed by atoms with Gasteiger partial charge in [0.05, 0.1) is 23.1 Å². The summed E-state index contributed by atoms with van der Waals surface area (Å²) < 4.78 is 44.1. The van der Waals surface area contributed by atoms with E-state index in [1.807, 2.05) is 32.1 Å². The highest BCUT2D eigenvalue weighted by atomic mass is 32.2. The van der Waals surface area contributed by atoms with Gasteiger partial charge in [-0.1, -0.05) is 42.5 Å². The minimum absolute atomic E-state index is 0.0596. The predicted molar refractivity (Wildman–Crippen MR) is 153 cm³/mol. The van der Waals surface area contributed by atoms with Crippen LogP contribution >= 0.6 is 11.3 Å². The quantitative estimate of drug-likeness (QED) is 0.317. The molecule has 40 heavy (non-hydrogen) atoms. The van der Waals surface area contributed by atoms with Crippen molar-refractivity contribution in [1.82, 2.24) is 19.4 Å². The Kier molecular flexibility index (Phi) is 8.71. The number of benzene rings is 1. The first-order valence-corrected chi connectivity index (χ1v) is 16.0. The van der Waals surface area contributed by atoms with Crippen LogP contribution in [0.1, 0.15) is 63.3 Å². The van der Waals surface area contributed by atoms with Crippen molar-refractivity contribution >= 4 is 49.1 Å². The number of anilines is 1. The van der Waals surface area contributed by atoms with Crippen LogP contribution in [0.5, 0.6) is 5.19 Å². The number of ether oxygens (including phenoxy) is 2. The summed E-state index contributed by atoms with van der Waals surface area (Å²) in [6, 6.07) is 6.71. The number of nitrogens with zero attached hydrogens (tertiary/aromatic N) is 5. The monoisotopic (exact) mass is 589 g/mol. The molecule has 0 atom stereocenters. The Bertz CT molecular complexity index is 1470. The summed E-state index contributed by atoms with van der Waals surface area (Å²) >= 11 is 1.53. The normalized spacial score (nSPS) is 17.4. The molecule has 0 unspecified atom stereocenters. The van der Waals surface area contributed by atoms with E-state index in [1.54, 1.807) is 0 Å². The Morgan fingerprint density at radius 2 is 2.00 bits per heavy atom. The Hall–Kier alpha value is -3.03. The van der Waals surface area contributed by atoms with Crippen molar-refractivity contribution in [3.8, 4) is 5.19 Å². The van der Waals surface area contributed by atoms with Crippen molar-refractivity contribution in [2.45, 2.75) is 58.0 Å². The first-order valence-electron chi connectivity index (χ1n) is 13.6. The number of fused-ring (bicyclic) bond motifs is 1. The second-order valence-electron chi connectivity index (χ2n) is 10.4. The van der Waals surface area contributed by atoms with Gasteiger partial charge in [-0.05, 0) is 36.1 Å². The molecule has 0 spiro atoms. The molecule has 0 N–H and O–H groups in total. The highest BCUT2D eigenvalue weighted by Gasteiger charge is 2.27. The molecular formula is C27H35N5O6S2. The summed E-state index contributed by atoms with van der Waals surface area (Å²) in [5, 5.41) is 4.72. The molecule has 216 valence electrons. The van der Waals surface area contributed by atoms with Gasteiger partial charge in [-0.2, -0.15) is 9.29 Å². The largest absolute Gasteiger partial charge is 0.469 e. The van der Waals surface area contributed by atoms with Gasteiger partial charge in [-0.3, -0.25) is 4.79 Å². The lowest BCUT2D eigenvalue weighted by Gasteiger charge is -2.29. The molecular weight excluding hydrogens is 554 g/mol. The molecule has 3 aromatic rings. The lowest BCUT2D eigenvalue weighted by Crippen LogP contribution is -2.38. The summed E-state index contributed by atoms with van der Waals surface area (Å²) in [6.45, 7) is 6.40. The van der Waals surface area contributed by atoms with E-state index in [9.17, 15) is 13.2 Å². The standard InChI is InChI=1S/C27H35N5O6S2/c1-18(2)25-29-26(38-30-25)31-12-10-21(11-13-31)37-27-28-22-7-6-20(17-23(22)39-27)19-8-14-32(15-9-19)40(34,35)16-4-5-24(33)36-3/h6-8,17-18,21H,4-5,9-16H2,1-3H3. The van der Waals surface area contributed by atoms with Crippen LogP contribution in [0.25, 0.3) is 15.8 Å². The smallest absolute Gasteiger partial charge is 0.324 e. The van der Waals surface area contributed by atoms with E-state index < -0.39 is 16.0 Å². The van der Waals surface area contributed by atoms with Crippen molar-refractivity contribution in [2.75, 3.05) is 43.9 Å². The summed E-state index contributed by atoms with van der Waals surface area (Å²) in [5.74, 6) is 0.499. The Morgan fingerprint density at radius 3 is 2.67 bits per heavy atom. The van der Waals surface area contributed by atoms with Crippen LogP contribution in [0.3, 0.4) is 0 Å². The van der Waals surface area contributed by atoms with Crippen LogP contribution in [0.2, 0.25) is 0 Å². The van der Waals surface area contributed by atoms with Crippen molar-refractivity contribution < 1.29 is 27.2 Å². The molecule has 5 rings (SSSR count). The number of esters is 1. The number of rotatable bonds is 10. The number of thiazole rings is 1. The molecule has 1 fully saturated rings. The van der Waals surface area contributed by atoms with E-state index in [2.05, 4.69) is 30.8 Å². The Labute approximate surface area is 238 Å². The van der Waals surface area contributed by atoms with Gasteiger partial charge in [-0.15, -0.1) is 0 Å². The second-order valence-corrected chi connectivity index (χ2v) is 13.5. The minimum atomic E-state index is -3.42. The molecule has 0 amide bonds. The lowest BCUT2D eigenvalue weighted by molar-refractivity contribution is -0.140. The highest BCUT2D eigenvalue weighted by molar-refractivity contribution is 7.89. The van der Waals surface area contributed by atoms with Crippen LogP contribution < -0.4 is 9.64 Å². The van der Waals surface area contributed by atoms with Crippen molar-refractivity contribution in [2.24, 2.45) is 0 Å². The molecule has 0 aliphatic carbocycles. The van der Waals surface area contributed by atoms with Crippen molar-refractivity contribution in [3.63, 3.8) is 0 Å². The van der Waals surface area contributed by atoms with Crippen molar-refractivity contribution in [3.05, 3.63) is 35.7 Å². The van der Waals surface area contributed by atoms with E-state index in [0.29, 0.717) is 30.7 Å². The molecule has 4 heterocycles. The zero-order valence-corrected chi connectivity index (χ0v) is 24.7. The Balaban J connectivity index is 1.16. The maximum Gasteiger partial charge on any atom is 0.324 e. The average Bonchev–Trinajstić information content (AvgIpc) is 3.60. The maximum atomic E-state index is 12.7. The zero-order valence-electron chi connectivity index (χ0n) is 23.0. The summed E-state index contributed by atoms with van der Waals surface area (Å²) in [6.07, 6.45) is 4.72. The molecule has 11 nitrogen and oxygen atoms in total. The first kappa shape index (κ1) is 28.5. The van der Waals surface area contributed by atoms with Crippen LogP contribution in [0.15, 0.2) is 28.8 Å². The van der Waals surface area contributed by atoms with Gasteiger partial charge in [-0.25, -0.2) is 13.4 Å². The second kappa shape index (κ2) is 12.2. The average molecular weight is 590 g/mol. The van der Waals surface area contributed by atoms with Gasteiger partial charge in [0.2, 0.25) is 10.0 Å². The highest BCUT2D eigenvalue weighted by Crippen LogP contribution is 2.34. The molecule has 1 saturated heterocycles. The van der Waals surface area contributed by atoms with E-state index in [0.717, 1.165) is 53.1 Å².